The van der Waals surface area contributed by atoms with Crippen molar-refractivity contribution in [3.05, 3.63) is 24.3 Å². The Kier molecular flexibility index (Phi) is 8.28. The van der Waals surface area contributed by atoms with Crippen LogP contribution in [0.4, 0.5) is 10.5 Å². The van der Waals surface area contributed by atoms with Crippen LogP contribution in [0.1, 0.15) is 59.8 Å². The summed E-state index contributed by atoms with van der Waals surface area (Å²) in [6.45, 7) is 6.93. The van der Waals surface area contributed by atoms with Crippen LogP contribution < -0.4 is 15.3 Å². The molecule has 1 aromatic carbocycles. The number of hydrogen-bond donors (Lipinski definition) is 2. The highest BCUT2D eigenvalue weighted by Crippen LogP contribution is 2.51. The minimum atomic E-state index is -3.78. The van der Waals surface area contributed by atoms with Gasteiger partial charge < -0.3 is 14.4 Å². The monoisotopic (exact) mass is 446 g/mol. The first-order valence-corrected chi connectivity index (χ1v) is 13.0. The molecule has 0 aromatic heterocycles. The molecule has 0 unspecified atom stereocenters. The largest absolute Gasteiger partial charge is 0.363 e. The molecule has 1 saturated carbocycles. The zero-order valence-electron chi connectivity index (χ0n) is 17.4. The van der Waals surface area contributed by atoms with Gasteiger partial charge in [0, 0.05) is 0 Å². The lowest BCUT2D eigenvalue weighted by atomic mass is 10.0. The number of hydrogen-bond acceptors (Lipinski definition) is 6. The third-order valence-electron chi connectivity index (χ3n) is 4.37. The van der Waals surface area contributed by atoms with E-state index in [2.05, 4.69) is 10.0 Å². The average Bonchev–Trinajstić information content (AvgIpc) is 2.61. The van der Waals surface area contributed by atoms with Gasteiger partial charge in [-0.2, -0.15) is 0 Å². The number of amides is 2. The molecule has 0 heterocycles. The van der Waals surface area contributed by atoms with Crippen molar-refractivity contribution in [3.63, 3.8) is 0 Å². The molecule has 0 atom stereocenters. The third kappa shape index (κ3) is 6.81. The summed E-state index contributed by atoms with van der Waals surface area (Å²) < 4.78 is 51.7. The standard InChI is InChI=1S/C19H31N2O6PS/c1-14(2)26-28(23,27-15(3)4)18-13-9-8-12-17(18)20-19(22)21-29(24,25)16-10-6-5-7-11-16/h8-9,12-16H,5-7,10-11H2,1-4H3,(H2,20,21,22). The van der Waals surface area contributed by atoms with E-state index in [1.54, 1.807) is 39.8 Å². The predicted molar refractivity (Wildman–Crippen MR) is 114 cm³/mol. The summed E-state index contributed by atoms with van der Waals surface area (Å²) in [5, 5.41) is 2.10. The Bertz CT molecular complexity index is 836. The third-order valence-corrected chi connectivity index (χ3v) is 8.57. The Morgan fingerprint density at radius 3 is 2.14 bits per heavy atom. The number of nitrogens with one attached hydrogen (secondary N) is 2. The molecule has 29 heavy (non-hydrogen) atoms. The summed E-state index contributed by atoms with van der Waals surface area (Å²) in [5.41, 5.74) is 0.175. The van der Waals surface area contributed by atoms with Crippen LogP contribution in [0.2, 0.25) is 0 Å². The Morgan fingerprint density at radius 2 is 1.59 bits per heavy atom. The van der Waals surface area contributed by atoms with Gasteiger partial charge in [0.1, 0.15) is 0 Å². The molecule has 10 heteroatoms. The van der Waals surface area contributed by atoms with Crippen molar-refractivity contribution < 1.29 is 26.8 Å². The topological polar surface area (TPSA) is 111 Å². The van der Waals surface area contributed by atoms with Crippen molar-refractivity contribution in [3.8, 4) is 0 Å². The Morgan fingerprint density at radius 1 is 1.03 bits per heavy atom. The van der Waals surface area contributed by atoms with Gasteiger partial charge in [-0.3, -0.25) is 4.57 Å². The lowest BCUT2D eigenvalue weighted by Gasteiger charge is -2.25. The minimum absolute atomic E-state index is 0.174. The van der Waals surface area contributed by atoms with Crippen molar-refractivity contribution in [2.75, 3.05) is 5.32 Å². The van der Waals surface area contributed by atoms with Gasteiger partial charge in [-0.1, -0.05) is 31.4 Å². The zero-order valence-corrected chi connectivity index (χ0v) is 19.1. The molecule has 1 fully saturated rings. The fraction of sp³-hybridized carbons (Fsp3) is 0.632. The van der Waals surface area contributed by atoms with Gasteiger partial charge in [0.05, 0.1) is 28.4 Å². The Balaban J connectivity index is 2.23. The highest BCUT2D eigenvalue weighted by molar-refractivity contribution is 7.90. The van der Waals surface area contributed by atoms with Crippen LogP contribution in [0.25, 0.3) is 0 Å². The van der Waals surface area contributed by atoms with Crippen LogP contribution in [-0.4, -0.2) is 31.9 Å². The first-order valence-electron chi connectivity index (χ1n) is 9.92. The van der Waals surface area contributed by atoms with E-state index in [1.165, 1.54) is 12.1 Å². The van der Waals surface area contributed by atoms with Crippen LogP contribution in [0.5, 0.6) is 0 Å². The quantitative estimate of drug-likeness (QED) is 0.581. The molecular formula is C19H31N2O6PS. The van der Waals surface area contributed by atoms with Gasteiger partial charge in [0.15, 0.2) is 0 Å². The molecule has 2 amide bonds. The van der Waals surface area contributed by atoms with Crippen molar-refractivity contribution in [2.24, 2.45) is 0 Å². The van der Waals surface area contributed by atoms with E-state index in [-0.39, 0.29) is 23.2 Å². The number of anilines is 1. The first kappa shape index (κ1) is 23.9. The summed E-state index contributed by atoms with van der Waals surface area (Å²) in [6.07, 6.45) is 2.99. The maximum Gasteiger partial charge on any atom is 0.363 e. The fourth-order valence-electron chi connectivity index (χ4n) is 3.25. The van der Waals surface area contributed by atoms with E-state index in [0.717, 1.165) is 19.3 Å². The summed E-state index contributed by atoms with van der Waals surface area (Å²) in [4.78, 5) is 12.4. The number of carbonyl (C=O) groups excluding carboxylic acids is 1. The summed E-state index contributed by atoms with van der Waals surface area (Å²) in [5.74, 6) is 0. The van der Waals surface area contributed by atoms with Crippen molar-refractivity contribution >= 4 is 34.6 Å². The van der Waals surface area contributed by atoms with Crippen molar-refractivity contribution in [2.45, 2.75) is 77.3 Å². The van der Waals surface area contributed by atoms with E-state index in [1.807, 2.05) is 0 Å². The lowest BCUT2D eigenvalue weighted by Crippen LogP contribution is -2.42. The average molecular weight is 447 g/mol. The maximum atomic E-state index is 13.4. The maximum absolute atomic E-state index is 13.4. The van der Waals surface area contributed by atoms with E-state index in [0.29, 0.717) is 12.8 Å². The van der Waals surface area contributed by atoms with E-state index in [9.17, 15) is 17.8 Å². The summed E-state index contributed by atoms with van der Waals surface area (Å²) in [6, 6.07) is 5.46. The molecule has 0 saturated heterocycles. The molecule has 1 aliphatic carbocycles. The fourth-order valence-corrected chi connectivity index (χ4v) is 6.76. The molecule has 1 aliphatic rings. The molecule has 164 valence electrons. The molecule has 0 bridgehead atoms. The van der Waals surface area contributed by atoms with Gasteiger partial charge in [0.2, 0.25) is 10.0 Å². The molecular weight excluding hydrogens is 415 g/mol. The number of urea groups is 1. The lowest BCUT2D eigenvalue weighted by molar-refractivity contribution is 0.150. The van der Waals surface area contributed by atoms with Crippen LogP contribution in [0.3, 0.4) is 0 Å². The SMILES string of the molecule is CC(C)OP(=O)(OC(C)C)c1ccccc1NC(=O)NS(=O)(=O)C1CCCCC1. The highest BCUT2D eigenvalue weighted by Gasteiger charge is 2.34. The van der Waals surface area contributed by atoms with Crippen molar-refractivity contribution in [1.82, 2.24) is 4.72 Å². The highest BCUT2D eigenvalue weighted by atomic mass is 32.2. The molecule has 0 spiro atoms. The first-order chi connectivity index (χ1) is 13.5. The molecule has 1 aromatic rings. The number of carbonyl (C=O) groups is 1. The molecule has 2 rings (SSSR count). The van der Waals surface area contributed by atoms with E-state index in [4.69, 9.17) is 9.05 Å². The molecule has 0 aliphatic heterocycles. The number of benzene rings is 1. The van der Waals surface area contributed by atoms with Crippen LogP contribution >= 0.6 is 7.60 Å². The normalized spacial score (nSPS) is 16.2. The smallest absolute Gasteiger partial charge is 0.306 e. The Hall–Kier alpha value is -1.41. The zero-order chi connectivity index (χ0) is 21.7. The number of sulfonamides is 1. The van der Waals surface area contributed by atoms with Gasteiger partial charge in [-0.05, 0) is 52.7 Å². The van der Waals surface area contributed by atoms with Crippen LogP contribution in [-0.2, 0) is 23.6 Å². The van der Waals surface area contributed by atoms with Crippen molar-refractivity contribution in [1.29, 1.82) is 0 Å². The summed E-state index contributed by atoms with van der Waals surface area (Å²) >= 11 is 0. The number of para-hydroxylation sites is 1. The summed E-state index contributed by atoms with van der Waals surface area (Å²) in [7, 11) is -7.53. The molecule has 8 nitrogen and oxygen atoms in total. The second kappa shape index (κ2) is 10.1. The second-order valence-corrected chi connectivity index (χ2v) is 11.5. The molecule has 2 N–H and O–H groups in total. The van der Waals surface area contributed by atoms with Crippen LogP contribution in [0, 0.1) is 0 Å². The minimum Gasteiger partial charge on any atom is -0.306 e. The van der Waals surface area contributed by atoms with Crippen LogP contribution in [0.15, 0.2) is 24.3 Å². The number of rotatable bonds is 8. The second-order valence-electron chi connectivity index (χ2n) is 7.68. The van der Waals surface area contributed by atoms with E-state index >= 15 is 0 Å². The Labute approximate surface area is 173 Å². The van der Waals surface area contributed by atoms with Gasteiger partial charge in [0.25, 0.3) is 0 Å². The van der Waals surface area contributed by atoms with E-state index < -0.39 is 28.9 Å². The predicted octanol–water partition coefficient (Wildman–Crippen LogP) is 4.14. The van der Waals surface area contributed by atoms with Gasteiger partial charge in [-0.15, -0.1) is 0 Å². The van der Waals surface area contributed by atoms with Gasteiger partial charge >= 0.3 is 13.6 Å². The van der Waals surface area contributed by atoms with Gasteiger partial charge in [-0.25, -0.2) is 17.9 Å². The molecule has 0 radical (unpaired) electrons.